The molecule has 1 aliphatic carbocycles. The Morgan fingerprint density at radius 1 is 0.955 bits per heavy atom. The van der Waals surface area contributed by atoms with Gasteiger partial charge in [-0.2, -0.15) is 0 Å². The van der Waals surface area contributed by atoms with Crippen LogP contribution in [0.2, 0.25) is 0 Å². The van der Waals surface area contributed by atoms with E-state index in [1.165, 1.54) is 0 Å². The van der Waals surface area contributed by atoms with Crippen LogP contribution >= 0.6 is 0 Å². The van der Waals surface area contributed by atoms with Crippen LogP contribution in [0.1, 0.15) is 40.7 Å². The standard InChI is InChI=1S/C19H19NO2/c1-14-8-10-15(11-9-14)17(21)18(22)20-19(12-5-13-19)16-6-3-2-4-7-16/h2-4,6-11H,5,12-13H2,1H3,(H,20,22). The van der Waals surface area contributed by atoms with Gasteiger partial charge in [0.05, 0.1) is 5.54 Å². The normalized spacial score (nSPS) is 15.7. The molecule has 1 saturated carbocycles. The van der Waals surface area contributed by atoms with Gasteiger partial charge in [-0.25, -0.2) is 0 Å². The Morgan fingerprint density at radius 2 is 1.59 bits per heavy atom. The zero-order valence-corrected chi connectivity index (χ0v) is 12.6. The van der Waals surface area contributed by atoms with Gasteiger partial charge in [0.1, 0.15) is 0 Å². The first-order chi connectivity index (χ1) is 10.6. The number of hydrogen-bond acceptors (Lipinski definition) is 2. The highest BCUT2D eigenvalue weighted by molar-refractivity contribution is 6.42. The molecular formula is C19H19NO2. The van der Waals surface area contributed by atoms with E-state index in [0.29, 0.717) is 5.56 Å². The maximum atomic E-state index is 12.3. The predicted octanol–water partition coefficient (Wildman–Crippen LogP) is 3.37. The van der Waals surface area contributed by atoms with Gasteiger partial charge in [0.2, 0.25) is 5.78 Å². The largest absolute Gasteiger partial charge is 0.340 e. The summed E-state index contributed by atoms with van der Waals surface area (Å²) >= 11 is 0. The fourth-order valence-electron chi connectivity index (χ4n) is 2.88. The predicted molar refractivity (Wildman–Crippen MR) is 85.6 cm³/mol. The monoisotopic (exact) mass is 293 g/mol. The smallest absolute Gasteiger partial charge is 0.293 e. The minimum absolute atomic E-state index is 0.376. The molecule has 0 atom stereocenters. The van der Waals surface area contributed by atoms with E-state index in [1.807, 2.05) is 49.4 Å². The molecule has 0 bridgehead atoms. The van der Waals surface area contributed by atoms with Gasteiger partial charge in [-0.05, 0) is 31.7 Å². The summed E-state index contributed by atoms with van der Waals surface area (Å²) in [5.74, 6) is -0.991. The lowest BCUT2D eigenvalue weighted by molar-refractivity contribution is -0.120. The third-order valence-electron chi connectivity index (χ3n) is 4.41. The molecule has 3 nitrogen and oxygen atoms in total. The van der Waals surface area contributed by atoms with Crippen molar-refractivity contribution in [1.29, 1.82) is 0 Å². The second kappa shape index (κ2) is 5.76. The first kappa shape index (κ1) is 14.5. The number of aryl methyl sites for hydroxylation is 1. The van der Waals surface area contributed by atoms with Crippen molar-refractivity contribution in [2.75, 3.05) is 0 Å². The number of rotatable bonds is 4. The van der Waals surface area contributed by atoms with Gasteiger partial charge in [-0.15, -0.1) is 0 Å². The first-order valence-electron chi connectivity index (χ1n) is 7.60. The van der Waals surface area contributed by atoms with Crippen molar-refractivity contribution in [2.45, 2.75) is 31.7 Å². The van der Waals surface area contributed by atoms with E-state index in [2.05, 4.69) is 5.32 Å². The molecule has 3 heteroatoms. The van der Waals surface area contributed by atoms with Gasteiger partial charge < -0.3 is 5.32 Å². The Balaban J connectivity index is 1.78. The molecule has 1 aliphatic rings. The summed E-state index contributed by atoms with van der Waals surface area (Å²) in [5.41, 5.74) is 2.20. The van der Waals surface area contributed by atoms with Crippen molar-refractivity contribution < 1.29 is 9.59 Å². The molecule has 3 rings (SSSR count). The lowest BCUT2D eigenvalue weighted by Crippen LogP contribution is -2.52. The molecule has 0 unspecified atom stereocenters. The number of hydrogen-bond donors (Lipinski definition) is 1. The number of Topliss-reactive ketones (excluding diaryl/α,β-unsaturated/α-hetero) is 1. The number of benzene rings is 2. The zero-order valence-electron chi connectivity index (χ0n) is 12.6. The molecule has 2 aromatic rings. The van der Waals surface area contributed by atoms with Gasteiger partial charge in [-0.1, -0.05) is 60.2 Å². The van der Waals surface area contributed by atoms with Crippen molar-refractivity contribution in [3.8, 4) is 0 Å². The van der Waals surface area contributed by atoms with Crippen LogP contribution in [0.15, 0.2) is 54.6 Å². The minimum Gasteiger partial charge on any atom is -0.340 e. The van der Waals surface area contributed by atoms with E-state index >= 15 is 0 Å². The highest BCUT2D eigenvalue weighted by Crippen LogP contribution is 2.41. The Hall–Kier alpha value is -2.42. The molecule has 0 saturated heterocycles. The summed E-state index contributed by atoms with van der Waals surface area (Å²) in [6, 6.07) is 17.0. The molecule has 112 valence electrons. The average molecular weight is 293 g/mol. The summed E-state index contributed by atoms with van der Waals surface area (Å²) < 4.78 is 0. The van der Waals surface area contributed by atoms with E-state index < -0.39 is 11.7 Å². The number of carbonyl (C=O) groups excluding carboxylic acids is 2. The van der Waals surface area contributed by atoms with Crippen LogP contribution in [0.4, 0.5) is 0 Å². The van der Waals surface area contributed by atoms with Gasteiger partial charge >= 0.3 is 0 Å². The van der Waals surface area contributed by atoms with Crippen molar-refractivity contribution >= 4 is 11.7 Å². The van der Waals surface area contributed by atoms with E-state index in [1.54, 1.807) is 12.1 Å². The first-order valence-corrected chi connectivity index (χ1v) is 7.60. The van der Waals surface area contributed by atoms with Gasteiger partial charge in [0.25, 0.3) is 5.91 Å². The third-order valence-corrected chi connectivity index (χ3v) is 4.41. The quantitative estimate of drug-likeness (QED) is 0.694. The molecule has 22 heavy (non-hydrogen) atoms. The second-order valence-electron chi connectivity index (χ2n) is 5.95. The van der Waals surface area contributed by atoms with Crippen LogP contribution in [0, 0.1) is 6.92 Å². The van der Waals surface area contributed by atoms with Crippen LogP contribution in [0.5, 0.6) is 0 Å². The lowest BCUT2D eigenvalue weighted by atomic mass is 9.71. The van der Waals surface area contributed by atoms with Crippen LogP contribution in [-0.4, -0.2) is 11.7 Å². The molecule has 2 aromatic carbocycles. The zero-order chi connectivity index (χ0) is 15.6. The highest BCUT2D eigenvalue weighted by Gasteiger charge is 2.41. The maximum absolute atomic E-state index is 12.3. The highest BCUT2D eigenvalue weighted by atomic mass is 16.2. The van der Waals surface area contributed by atoms with Crippen molar-refractivity contribution in [2.24, 2.45) is 0 Å². The van der Waals surface area contributed by atoms with Crippen LogP contribution in [-0.2, 0) is 10.3 Å². The molecule has 0 heterocycles. The van der Waals surface area contributed by atoms with Crippen molar-refractivity contribution in [1.82, 2.24) is 5.32 Å². The summed E-state index contributed by atoms with van der Waals surface area (Å²) in [6.07, 6.45) is 2.82. The minimum atomic E-state index is -0.521. The second-order valence-corrected chi connectivity index (χ2v) is 5.95. The summed E-state index contributed by atoms with van der Waals surface area (Å²) in [6.45, 7) is 1.95. The summed E-state index contributed by atoms with van der Waals surface area (Å²) in [4.78, 5) is 24.6. The molecule has 0 aromatic heterocycles. The van der Waals surface area contributed by atoms with E-state index in [9.17, 15) is 9.59 Å². The van der Waals surface area contributed by atoms with Gasteiger partial charge in [0, 0.05) is 5.56 Å². The Kier molecular flexibility index (Phi) is 3.80. The van der Waals surface area contributed by atoms with Gasteiger partial charge in [0.15, 0.2) is 0 Å². The van der Waals surface area contributed by atoms with Crippen molar-refractivity contribution in [3.63, 3.8) is 0 Å². The van der Waals surface area contributed by atoms with E-state index in [-0.39, 0.29) is 5.54 Å². The number of carbonyl (C=O) groups is 2. The van der Waals surface area contributed by atoms with Crippen molar-refractivity contribution in [3.05, 3.63) is 71.3 Å². The average Bonchev–Trinajstić information content (AvgIpc) is 2.51. The molecular weight excluding hydrogens is 274 g/mol. The molecule has 1 fully saturated rings. The molecule has 1 N–H and O–H groups in total. The lowest BCUT2D eigenvalue weighted by Gasteiger charge is -2.43. The summed E-state index contributed by atoms with van der Waals surface area (Å²) in [5, 5.41) is 2.97. The molecule has 0 radical (unpaired) electrons. The number of ketones is 1. The summed E-state index contributed by atoms with van der Waals surface area (Å²) in [7, 11) is 0. The van der Waals surface area contributed by atoms with Crippen LogP contribution < -0.4 is 5.32 Å². The van der Waals surface area contributed by atoms with Crippen LogP contribution in [0.3, 0.4) is 0 Å². The fourth-order valence-corrected chi connectivity index (χ4v) is 2.88. The Morgan fingerprint density at radius 3 is 2.14 bits per heavy atom. The molecule has 1 amide bonds. The third kappa shape index (κ3) is 2.67. The van der Waals surface area contributed by atoms with Gasteiger partial charge in [-0.3, -0.25) is 9.59 Å². The Labute approximate surface area is 130 Å². The SMILES string of the molecule is Cc1ccc(C(=O)C(=O)NC2(c3ccccc3)CCC2)cc1. The number of nitrogens with one attached hydrogen (secondary N) is 1. The molecule has 0 spiro atoms. The topological polar surface area (TPSA) is 46.2 Å². The van der Waals surface area contributed by atoms with E-state index in [0.717, 1.165) is 30.4 Å². The maximum Gasteiger partial charge on any atom is 0.293 e. The van der Waals surface area contributed by atoms with Crippen LogP contribution in [0.25, 0.3) is 0 Å². The van der Waals surface area contributed by atoms with E-state index in [4.69, 9.17) is 0 Å². The molecule has 0 aliphatic heterocycles. The Bertz CT molecular complexity index is 685. The number of amides is 1. The fraction of sp³-hybridized carbons (Fsp3) is 0.263.